The fraction of sp³-hybridized carbons (Fsp3) is 0.581. The lowest BCUT2D eigenvalue weighted by atomic mass is 9.90. The van der Waals surface area contributed by atoms with Gasteiger partial charge in [-0.3, -0.25) is 4.98 Å². The third-order valence-corrected chi connectivity index (χ3v) is 7.80. The summed E-state index contributed by atoms with van der Waals surface area (Å²) in [6, 6.07) is 9.75. The van der Waals surface area contributed by atoms with Crippen molar-refractivity contribution in [2.75, 3.05) is 32.7 Å². The van der Waals surface area contributed by atoms with Gasteiger partial charge in [-0.1, -0.05) is 25.6 Å². The minimum atomic E-state index is -1.12. The number of nitrogens with zero attached hydrogens (tertiary/aromatic N) is 3. The zero-order valence-corrected chi connectivity index (χ0v) is 22.4. The van der Waals surface area contributed by atoms with Crippen molar-refractivity contribution in [1.29, 1.82) is 0 Å². The molecule has 2 aliphatic heterocycles. The molecule has 0 N–H and O–H groups in total. The summed E-state index contributed by atoms with van der Waals surface area (Å²) in [6.07, 6.45) is 9.43. The zero-order chi connectivity index (χ0) is 25.7. The van der Waals surface area contributed by atoms with Crippen LogP contribution in [0.5, 0.6) is 0 Å². The third kappa shape index (κ3) is 7.61. The van der Waals surface area contributed by atoms with Crippen molar-refractivity contribution in [3.05, 3.63) is 71.3 Å². The molecule has 5 heteroatoms. The van der Waals surface area contributed by atoms with Crippen molar-refractivity contribution in [3.63, 3.8) is 0 Å². The topological polar surface area (TPSA) is 19.4 Å². The molecule has 2 fully saturated rings. The molecule has 1 aromatic heterocycles. The molecule has 36 heavy (non-hydrogen) atoms. The summed E-state index contributed by atoms with van der Waals surface area (Å²) >= 11 is 0. The second-order valence-corrected chi connectivity index (χ2v) is 11.8. The van der Waals surface area contributed by atoms with E-state index in [1.165, 1.54) is 12.0 Å². The summed E-state index contributed by atoms with van der Waals surface area (Å²) in [5.74, 6) is 1.13. The number of aromatic nitrogens is 1. The van der Waals surface area contributed by atoms with Crippen LogP contribution in [0.1, 0.15) is 75.3 Å². The van der Waals surface area contributed by atoms with Crippen molar-refractivity contribution >= 4 is 5.70 Å². The van der Waals surface area contributed by atoms with Crippen LogP contribution in [0.4, 0.5) is 8.78 Å². The van der Waals surface area contributed by atoms with Crippen LogP contribution in [-0.4, -0.2) is 53.2 Å². The average molecular weight is 496 g/mol. The first-order valence-electron chi connectivity index (χ1n) is 13.7. The van der Waals surface area contributed by atoms with Crippen molar-refractivity contribution in [3.8, 4) is 0 Å². The fourth-order valence-electron chi connectivity index (χ4n) is 5.76. The van der Waals surface area contributed by atoms with Gasteiger partial charge in [-0.15, -0.1) is 0 Å². The van der Waals surface area contributed by atoms with Crippen LogP contribution < -0.4 is 0 Å². The van der Waals surface area contributed by atoms with Gasteiger partial charge >= 0.3 is 0 Å². The van der Waals surface area contributed by atoms with E-state index < -0.39 is 5.67 Å². The number of hydrogen-bond acceptors (Lipinski definition) is 3. The Morgan fingerprint density at radius 2 is 1.83 bits per heavy atom. The molecule has 1 atom stereocenters. The highest BCUT2D eigenvalue weighted by Crippen LogP contribution is 2.28. The highest BCUT2D eigenvalue weighted by Gasteiger charge is 2.25. The number of piperidine rings is 2. The zero-order valence-electron chi connectivity index (χ0n) is 22.4. The van der Waals surface area contributed by atoms with Crippen molar-refractivity contribution in [1.82, 2.24) is 14.8 Å². The molecule has 0 amide bonds. The Morgan fingerprint density at radius 3 is 2.47 bits per heavy atom. The van der Waals surface area contributed by atoms with Gasteiger partial charge in [0.15, 0.2) is 0 Å². The van der Waals surface area contributed by atoms with Crippen molar-refractivity contribution < 1.29 is 8.78 Å². The lowest BCUT2D eigenvalue weighted by Gasteiger charge is -2.34. The molecular weight excluding hydrogens is 452 g/mol. The molecule has 0 bridgehead atoms. The molecule has 0 saturated carbocycles. The largest absolute Gasteiger partial charge is 0.371 e. The minimum Gasteiger partial charge on any atom is -0.371 e. The Labute approximate surface area is 216 Å². The molecule has 3 heterocycles. The Balaban J connectivity index is 1.25. The number of alkyl halides is 1. The van der Waals surface area contributed by atoms with Gasteiger partial charge in [-0.25, -0.2) is 8.78 Å². The van der Waals surface area contributed by atoms with Gasteiger partial charge in [0, 0.05) is 49.2 Å². The first kappa shape index (κ1) is 26.8. The molecule has 2 aromatic rings. The van der Waals surface area contributed by atoms with E-state index in [1.807, 2.05) is 18.3 Å². The molecule has 1 unspecified atom stereocenters. The molecule has 0 aliphatic carbocycles. The molecule has 2 saturated heterocycles. The second-order valence-electron chi connectivity index (χ2n) is 11.8. The summed E-state index contributed by atoms with van der Waals surface area (Å²) < 4.78 is 28.9. The molecule has 1 aromatic carbocycles. The van der Waals surface area contributed by atoms with Gasteiger partial charge in [0.2, 0.25) is 0 Å². The highest BCUT2D eigenvalue weighted by molar-refractivity contribution is 5.63. The summed E-state index contributed by atoms with van der Waals surface area (Å²) in [5, 5.41) is 0. The smallest absolute Gasteiger partial charge is 0.132 e. The summed E-state index contributed by atoms with van der Waals surface area (Å²) in [7, 11) is 0. The Morgan fingerprint density at radius 1 is 1.08 bits per heavy atom. The van der Waals surface area contributed by atoms with Crippen LogP contribution >= 0.6 is 0 Å². The molecule has 0 radical (unpaired) electrons. The first-order valence-corrected chi connectivity index (χ1v) is 13.7. The van der Waals surface area contributed by atoms with Gasteiger partial charge in [-0.2, -0.15) is 0 Å². The van der Waals surface area contributed by atoms with Crippen LogP contribution in [-0.2, 0) is 12.8 Å². The molecule has 4 rings (SSSR count). The van der Waals surface area contributed by atoms with Crippen LogP contribution in [0.2, 0.25) is 0 Å². The van der Waals surface area contributed by atoms with E-state index >= 15 is 0 Å². The number of halogens is 2. The van der Waals surface area contributed by atoms with Gasteiger partial charge in [0.25, 0.3) is 0 Å². The SMILES string of the molecule is C=C(c1ccc(Cc2ccc(CCC3CCN(CC(C)(C)F)CC3)cn2)cc1F)N1CCCC(C)C1. The highest BCUT2D eigenvalue weighted by atomic mass is 19.1. The van der Waals surface area contributed by atoms with Gasteiger partial charge in [0.1, 0.15) is 11.5 Å². The van der Waals surface area contributed by atoms with Crippen molar-refractivity contribution in [2.45, 2.75) is 71.4 Å². The molecule has 196 valence electrons. The maximum atomic E-state index is 15.0. The Bertz CT molecular complexity index is 1000. The third-order valence-electron chi connectivity index (χ3n) is 7.80. The van der Waals surface area contributed by atoms with E-state index in [0.29, 0.717) is 30.4 Å². The molecule has 3 nitrogen and oxygen atoms in total. The monoisotopic (exact) mass is 495 g/mol. The maximum absolute atomic E-state index is 15.0. The van der Waals surface area contributed by atoms with E-state index in [9.17, 15) is 8.78 Å². The van der Waals surface area contributed by atoms with E-state index in [1.54, 1.807) is 19.9 Å². The molecular formula is C31H43F2N3. The van der Waals surface area contributed by atoms with Gasteiger partial charge in [-0.05, 0) is 107 Å². The molecule has 0 spiro atoms. The van der Waals surface area contributed by atoms with Crippen LogP contribution in [0, 0.1) is 17.7 Å². The van der Waals surface area contributed by atoms with E-state index in [0.717, 1.165) is 75.2 Å². The standard InChI is InChI=1S/C31H43F2N3/c1-23-6-5-15-36(21-23)24(2)29-12-10-27(19-30(29)32)18-28-11-9-26(20-34-28)8-7-25-13-16-35(17-14-25)22-31(3,4)33/h9-12,19-20,23,25H,2,5-8,13-18,21-22H2,1,3-4H3. The normalized spacial score (nSPS) is 20.0. The van der Waals surface area contributed by atoms with Crippen molar-refractivity contribution in [2.24, 2.45) is 11.8 Å². The lowest BCUT2D eigenvalue weighted by Crippen LogP contribution is -2.41. The minimum absolute atomic E-state index is 0.200. The van der Waals surface area contributed by atoms with Crippen LogP contribution in [0.15, 0.2) is 43.1 Å². The second kappa shape index (κ2) is 11.9. The fourth-order valence-corrected chi connectivity index (χ4v) is 5.76. The van der Waals surface area contributed by atoms with Crippen LogP contribution in [0.3, 0.4) is 0 Å². The van der Waals surface area contributed by atoms with E-state index in [-0.39, 0.29) is 5.82 Å². The summed E-state index contributed by atoms with van der Waals surface area (Å²) in [6.45, 7) is 14.2. The number of hydrogen-bond donors (Lipinski definition) is 0. The number of rotatable bonds is 9. The number of pyridine rings is 1. The summed E-state index contributed by atoms with van der Waals surface area (Å²) in [5.41, 5.74) is 3.42. The molecule has 2 aliphatic rings. The first-order chi connectivity index (χ1) is 17.2. The summed E-state index contributed by atoms with van der Waals surface area (Å²) in [4.78, 5) is 9.14. The predicted octanol–water partition coefficient (Wildman–Crippen LogP) is 6.91. The quantitative estimate of drug-likeness (QED) is 0.377. The Hall–Kier alpha value is -2.27. The van der Waals surface area contributed by atoms with E-state index in [4.69, 9.17) is 0 Å². The van der Waals surface area contributed by atoms with Crippen LogP contribution in [0.25, 0.3) is 5.70 Å². The maximum Gasteiger partial charge on any atom is 0.132 e. The Kier molecular flexibility index (Phi) is 8.82. The predicted molar refractivity (Wildman–Crippen MR) is 145 cm³/mol. The number of benzene rings is 1. The number of aryl methyl sites for hydroxylation is 1. The number of likely N-dealkylation sites (tertiary alicyclic amines) is 2. The van der Waals surface area contributed by atoms with Gasteiger partial charge in [0.05, 0.1) is 0 Å². The average Bonchev–Trinajstić information content (AvgIpc) is 2.83. The lowest BCUT2D eigenvalue weighted by molar-refractivity contribution is 0.0943. The van der Waals surface area contributed by atoms with Gasteiger partial charge < -0.3 is 9.80 Å². The van der Waals surface area contributed by atoms with E-state index in [2.05, 4.69) is 40.4 Å².